The Morgan fingerprint density at radius 1 is 1.05 bits per heavy atom. The van der Waals surface area contributed by atoms with Crippen LogP contribution in [0.2, 0.25) is 0 Å². The molecule has 0 heterocycles. The number of carbonyl (C=O) groups excluding carboxylic acids is 1. The quantitative estimate of drug-likeness (QED) is 0.602. The SMILES string of the molecule is Cc1ccc(NC(=O)c2cc(F)c(NN)c(F)c2)cc1F. The van der Waals surface area contributed by atoms with Crippen LogP contribution >= 0.6 is 0 Å². The third-order valence-corrected chi connectivity index (χ3v) is 2.88. The second kappa shape index (κ2) is 5.84. The lowest BCUT2D eigenvalue weighted by atomic mass is 10.1. The first-order chi connectivity index (χ1) is 9.92. The van der Waals surface area contributed by atoms with Gasteiger partial charge in [0.25, 0.3) is 5.91 Å². The molecule has 2 rings (SSSR count). The molecule has 0 radical (unpaired) electrons. The zero-order valence-corrected chi connectivity index (χ0v) is 11.0. The summed E-state index contributed by atoms with van der Waals surface area (Å²) in [4.78, 5) is 11.9. The minimum absolute atomic E-state index is 0.185. The van der Waals surface area contributed by atoms with Crippen LogP contribution in [0.5, 0.6) is 0 Å². The molecule has 0 aromatic heterocycles. The third kappa shape index (κ3) is 3.14. The van der Waals surface area contributed by atoms with Crippen LogP contribution in [0.15, 0.2) is 30.3 Å². The highest BCUT2D eigenvalue weighted by molar-refractivity contribution is 6.04. The molecule has 0 saturated carbocycles. The fourth-order valence-corrected chi connectivity index (χ4v) is 1.72. The molecule has 0 fully saturated rings. The van der Waals surface area contributed by atoms with Gasteiger partial charge >= 0.3 is 0 Å². The maximum Gasteiger partial charge on any atom is 0.255 e. The van der Waals surface area contributed by atoms with Gasteiger partial charge in [-0.25, -0.2) is 13.2 Å². The molecule has 0 bridgehead atoms. The number of aryl methyl sites for hydroxylation is 1. The van der Waals surface area contributed by atoms with Crippen LogP contribution in [0.4, 0.5) is 24.5 Å². The van der Waals surface area contributed by atoms with E-state index in [1.54, 1.807) is 6.92 Å². The molecule has 0 unspecified atom stereocenters. The van der Waals surface area contributed by atoms with Crippen LogP contribution in [0.1, 0.15) is 15.9 Å². The highest BCUT2D eigenvalue weighted by Crippen LogP contribution is 2.21. The van der Waals surface area contributed by atoms with E-state index in [1.165, 1.54) is 12.1 Å². The number of rotatable bonds is 3. The largest absolute Gasteiger partial charge is 0.322 e. The Kier molecular flexibility index (Phi) is 4.13. The molecule has 4 N–H and O–H groups in total. The number of amides is 1. The zero-order chi connectivity index (χ0) is 15.6. The van der Waals surface area contributed by atoms with Crippen molar-refractivity contribution in [3.05, 3.63) is 58.9 Å². The zero-order valence-electron chi connectivity index (χ0n) is 11.0. The number of halogens is 3. The molecule has 0 aliphatic heterocycles. The lowest BCUT2D eigenvalue weighted by Crippen LogP contribution is -2.15. The van der Waals surface area contributed by atoms with Gasteiger partial charge in [-0.1, -0.05) is 6.07 Å². The van der Waals surface area contributed by atoms with E-state index >= 15 is 0 Å². The summed E-state index contributed by atoms with van der Waals surface area (Å²) in [5.74, 6) is 1.70. The van der Waals surface area contributed by atoms with Gasteiger partial charge in [0.15, 0.2) is 11.6 Å². The standard InChI is InChI=1S/C14H12F3N3O/c1-7-2-3-9(6-10(7)15)19-14(21)8-4-11(16)13(20-18)12(17)5-8/h2-6,20H,18H2,1H3,(H,19,21). The van der Waals surface area contributed by atoms with Gasteiger partial charge in [-0.3, -0.25) is 10.6 Å². The predicted molar refractivity (Wildman–Crippen MR) is 73.3 cm³/mol. The van der Waals surface area contributed by atoms with Gasteiger partial charge in [0.1, 0.15) is 11.5 Å². The van der Waals surface area contributed by atoms with Gasteiger partial charge in [0.2, 0.25) is 0 Å². The molecule has 0 atom stereocenters. The first-order valence-corrected chi connectivity index (χ1v) is 5.95. The number of benzene rings is 2. The summed E-state index contributed by atoms with van der Waals surface area (Å²) in [5.41, 5.74) is 1.69. The molecule has 4 nitrogen and oxygen atoms in total. The van der Waals surface area contributed by atoms with Crippen molar-refractivity contribution in [1.29, 1.82) is 0 Å². The fraction of sp³-hybridized carbons (Fsp3) is 0.0714. The Morgan fingerprint density at radius 3 is 2.19 bits per heavy atom. The fourth-order valence-electron chi connectivity index (χ4n) is 1.72. The highest BCUT2D eigenvalue weighted by atomic mass is 19.1. The molecule has 0 aliphatic rings. The lowest BCUT2D eigenvalue weighted by molar-refractivity contribution is 0.102. The first kappa shape index (κ1) is 14.9. The van der Waals surface area contributed by atoms with Crippen LogP contribution in [0.25, 0.3) is 0 Å². The van der Waals surface area contributed by atoms with Crippen molar-refractivity contribution in [1.82, 2.24) is 0 Å². The van der Waals surface area contributed by atoms with Gasteiger partial charge in [-0.2, -0.15) is 0 Å². The second-order valence-corrected chi connectivity index (χ2v) is 4.38. The van der Waals surface area contributed by atoms with Crippen molar-refractivity contribution >= 4 is 17.3 Å². The second-order valence-electron chi connectivity index (χ2n) is 4.38. The number of anilines is 2. The van der Waals surface area contributed by atoms with E-state index in [4.69, 9.17) is 5.84 Å². The lowest BCUT2D eigenvalue weighted by Gasteiger charge is -2.09. The van der Waals surface area contributed by atoms with E-state index in [0.29, 0.717) is 5.56 Å². The van der Waals surface area contributed by atoms with Gasteiger partial charge in [-0.05, 0) is 36.8 Å². The Morgan fingerprint density at radius 2 is 1.67 bits per heavy atom. The van der Waals surface area contributed by atoms with Crippen LogP contribution < -0.4 is 16.6 Å². The number of hydrogen-bond acceptors (Lipinski definition) is 3. The van der Waals surface area contributed by atoms with E-state index in [2.05, 4.69) is 5.32 Å². The summed E-state index contributed by atoms with van der Waals surface area (Å²) in [6, 6.07) is 5.75. The summed E-state index contributed by atoms with van der Waals surface area (Å²) < 4.78 is 40.4. The molecular weight excluding hydrogens is 283 g/mol. The summed E-state index contributed by atoms with van der Waals surface area (Å²) in [5, 5.41) is 2.35. The maximum absolute atomic E-state index is 13.5. The number of nitrogens with one attached hydrogen (secondary N) is 2. The first-order valence-electron chi connectivity index (χ1n) is 5.95. The van der Waals surface area contributed by atoms with Crippen molar-refractivity contribution in [3.63, 3.8) is 0 Å². The Hall–Kier alpha value is -2.54. The molecule has 2 aromatic carbocycles. The number of nitrogen functional groups attached to an aromatic ring is 1. The number of nitrogens with two attached hydrogens (primary N) is 1. The van der Waals surface area contributed by atoms with E-state index < -0.39 is 29.0 Å². The van der Waals surface area contributed by atoms with Crippen molar-refractivity contribution in [2.24, 2.45) is 5.84 Å². The minimum atomic E-state index is -1.00. The van der Waals surface area contributed by atoms with Crippen LogP contribution in [-0.4, -0.2) is 5.91 Å². The van der Waals surface area contributed by atoms with Gasteiger partial charge in [0.05, 0.1) is 0 Å². The summed E-state index contributed by atoms with van der Waals surface area (Å²) in [6.45, 7) is 1.57. The summed E-state index contributed by atoms with van der Waals surface area (Å²) >= 11 is 0. The van der Waals surface area contributed by atoms with Crippen molar-refractivity contribution in [2.45, 2.75) is 6.92 Å². The third-order valence-electron chi connectivity index (χ3n) is 2.88. The molecule has 7 heteroatoms. The minimum Gasteiger partial charge on any atom is -0.322 e. The van der Waals surface area contributed by atoms with E-state index in [1.807, 2.05) is 5.43 Å². The number of hydrazine groups is 1. The van der Waals surface area contributed by atoms with Gasteiger partial charge in [-0.15, -0.1) is 0 Å². The monoisotopic (exact) mass is 295 g/mol. The molecule has 21 heavy (non-hydrogen) atoms. The molecule has 2 aromatic rings. The van der Waals surface area contributed by atoms with E-state index in [0.717, 1.165) is 18.2 Å². The molecule has 1 amide bonds. The average molecular weight is 295 g/mol. The summed E-state index contributed by atoms with van der Waals surface area (Å²) in [7, 11) is 0. The normalized spacial score (nSPS) is 10.3. The molecule has 0 saturated heterocycles. The smallest absolute Gasteiger partial charge is 0.255 e. The van der Waals surface area contributed by atoms with Crippen molar-refractivity contribution in [2.75, 3.05) is 10.7 Å². The molecule has 110 valence electrons. The number of hydrogen-bond donors (Lipinski definition) is 3. The Labute approximate surface area is 118 Å². The molecule has 0 spiro atoms. The molecular formula is C14H12F3N3O. The topological polar surface area (TPSA) is 67.2 Å². The highest BCUT2D eigenvalue weighted by Gasteiger charge is 2.15. The van der Waals surface area contributed by atoms with Crippen molar-refractivity contribution in [3.8, 4) is 0 Å². The van der Waals surface area contributed by atoms with Crippen LogP contribution in [-0.2, 0) is 0 Å². The van der Waals surface area contributed by atoms with Crippen molar-refractivity contribution < 1.29 is 18.0 Å². The van der Waals surface area contributed by atoms with Crippen LogP contribution in [0.3, 0.4) is 0 Å². The van der Waals surface area contributed by atoms with E-state index in [-0.39, 0.29) is 11.3 Å². The number of carbonyl (C=O) groups is 1. The van der Waals surface area contributed by atoms with Gasteiger partial charge in [0, 0.05) is 11.3 Å². The Balaban J connectivity index is 2.26. The molecule has 0 aliphatic carbocycles. The van der Waals surface area contributed by atoms with Gasteiger partial charge < -0.3 is 10.7 Å². The van der Waals surface area contributed by atoms with Crippen LogP contribution in [0, 0.1) is 24.4 Å². The predicted octanol–water partition coefficient (Wildman–Crippen LogP) is 2.95. The average Bonchev–Trinajstić information content (AvgIpc) is 2.42. The summed E-state index contributed by atoms with van der Waals surface area (Å²) in [6.07, 6.45) is 0. The van der Waals surface area contributed by atoms with E-state index in [9.17, 15) is 18.0 Å². The Bertz CT molecular complexity index is 681. The maximum atomic E-state index is 13.5.